The van der Waals surface area contributed by atoms with Gasteiger partial charge in [-0.2, -0.15) is 0 Å². The van der Waals surface area contributed by atoms with Crippen molar-refractivity contribution in [3.63, 3.8) is 0 Å². The summed E-state index contributed by atoms with van der Waals surface area (Å²) in [6.45, 7) is 5.63. The van der Waals surface area contributed by atoms with E-state index in [2.05, 4.69) is 4.98 Å². The van der Waals surface area contributed by atoms with Gasteiger partial charge in [-0.25, -0.2) is 4.79 Å². The third-order valence-electron chi connectivity index (χ3n) is 8.45. The first kappa shape index (κ1) is 24.5. The van der Waals surface area contributed by atoms with E-state index < -0.39 is 35.6 Å². The Morgan fingerprint density at radius 1 is 0.944 bits per heavy atom. The first-order chi connectivity index (χ1) is 17.1. The molecule has 1 aliphatic heterocycles. The van der Waals surface area contributed by atoms with Crippen molar-refractivity contribution >= 4 is 29.7 Å². The monoisotopic (exact) mass is 503 g/mol. The average Bonchev–Trinajstić information content (AvgIpc) is 3.20. The van der Waals surface area contributed by atoms with Crippen LogP contribution in [-0.4, -0.2) is 28.7 Å². The van der Waals surface area contributed by atoms with Gasteiger partial charge in [0.15, 0.2) is 6.10 Å². The second-order valence-corrected chi connectivity index (χ2v) is 13.3. The molecule has 2 aliphatic rings. The lowest BCUT2D eigenvalue weighted by Crippen LogP contribution is -2.49. The molecule has 0 N–H and O–H groups in total. The molecule has 2 fully saturated rings. The van der Waals surface area contributed by atoms with E-state index >= 15 is 0 Å². The Bertz CT molecular complexity index is 1280. The van der Waals surface area contributed by atoms with Crippen LogP contribution in [0.5, 0.6) is 0 Å². The normalized spacial score (nSPS) is 25.2. The van der Waals surface area contributed by atoms with Crippen LogP contribution in [0.15, 0.2) is 85.1 Å². The maximum absolute atomic E-state index is 14.8. The highest BCUT2D eigenvalue weighted by Gasteiger charge is 2.76. The quantitative estimate of drug-likeness (QED) is 0.340. The molecule has 2 bridgehead atoms. The van der Waals surface area contributed by atoms with Crippen LogP contribution in [-0.2, 0) is 23.6 Å². The summed E-state index contributed by atoms with van der Waals surface area (Å²) in [6, 6.07) is 23.9. The Morgan fingerprint density at radius 3 is 2.00 bits per heavy atom. The largest absolute Gasteiger partial charge is 0.452 e. The number of carbonyl (C=O) groups is 2. The number of hydrogen-bond acceptors (Lipinski definition) is 6. The number of carbonyl (C=O) groups excluding carboxylic acids is 2. The fourth-order valence-electron chi connectivity index (χ4n) is 5.62. The zero-order valence-electron chi connectivity index (χ0n) is 20.7. The van der Waals surface area contributed by atoms with Crippen molar-refractivity contribution in [2.75, 3.05) is 6.16 Å². The molecule has 36 heavy (non-hydrogen) atoms. The van der Waals surface area contributed by atoms with Gasteiger partial charge in [-0.1, -0.05) is 80.6 Å². The van der Waals surface area contributed by atoms with Crippen molar-refractivity contribution in [2.24, 2.45) is 10.8 Å². The number of benzene rings is 2. The Kier molecular flexibility index (Phi) is 5.91. The molecule has 186 valence electrons. The van der Waals surface area contributed by atoms with Gasteiger partial charge in [0.1, 0.15) is 7.14 Å². The molecule has 0 spiro atoms. The van der Waals surface area contributed by atoms with Gasteiger partial charge < -0.3 is 14.0 Å². The summed E-state index contributed by atoms with van der Waals surface area (Å²) in [7, 11) is -3.24. The number of aromatic nitrogens is 1. The van der Waals surface area contributed by atoms with Crippen LogP contribution in [0.1, 0.15) is 45.4 Å². The number of fused-ring (bicyclic) bond motifs is 2. The van der Waals surface area contributed by atoms with E-state index in [4.69, 9.17) is 9.47 Å². The molecule has 0 unspecified atom stereocenters. The maximum atomic E-state index is 14.8. The molecule has 1 saturated carbocycles. The van der Waals surface area contributed by atoms with Crippen LogP contribution in [0.25, 0.3) is 0 Å². The summed E-state index contributed by atoms with van der Waals surface area (Å²) < 4.78 is 26.7. The van der Waals surface area contributed by atoms with E-state index in [0.29, 0.717) is 29.1 Å². The van der Waals surface area contributed by atoms with Gasteiger partial charge in [-0.05, 0) is 31.9 Å². The molecule has 3 aromatic rings. The maximum Gasteiger partial charge on any atom is 0.351 e. The van der Waals surface area contributed by atoms with Crippen molar-refractivity contribution in [2.45, 2.75) is 45.3 Å². The van der Waals surface area contributed by atoms with Crippen molar-refractivity contribution < 1.29 is 23.6 Å². The lowest BCUT2D eigenvalue weighted by Gasteiger charge is -2.36. The third-order valence-corrected chi connectivity index (χ3v) is 11.6. The molecule has 1 aliphatic carbocycles. The summed E-state index contributed by atoms with van der Waals surface area (Å²) >= 11 is 0. The second kappa shape index (κ2) is 8.70. The Morgan fingerprint density at radius 2 is 1.53 bits per heavy atom. The predicted molar refractivity (Wildman–Crippen MR) is 138 cm³/mol. The summed E-state index contributed by atoms with van der Waals surface area (Å²) in [4.78, 5) is 31.1. The summed E-state index contributed by atoms with van der Waals surface area (Å²) in [6.07, 6.45) is 1.70. The van der Waals surface area contributed by atoms with E-state index in [-0.39, 0.29) is 12.1 Å². The summed E-state index contributed by atoms with van der Waals surface area (Å²) in [5.41, 5.74) is -2.38. The van der Waals surface area contributed by atoms with Crippen molar-refractivity contribution in [1.29, 1.82) is 0 Å². The third kappa shape index (κ3) is 3.54. The van der Waals surface area contributed by atoms with Crippen molar-refractivity contribution in [1.82, 2.24) is 4.98 Å². The van der Waals surface area contributed by atoms with Gasteiger partial charge in [-0.15, -0.1) is 0 Å². The van der Waals surface area contributed by atoms with Gasteiger partial charge in [-0.3, -0.25) is 9.78 Å². The number of rotatable bonds is 7. The smallest absolute Gasteiger partial charge is 0.351 e. The van der Waals surface area contributed by atoms with Gasteiger partial charge in [0.25, 0.3) is 0 Å². The minimum atomic E-state index is -3.24. The van der Waals surface area contributed by atoms with Crippen LogP contribution in [0.3, 0.4) is 0 Å². The first-order valence-corrected chi connectivity index (χ1v) is 14.1. The molecule has 7 heteroatoms. The van der Waals surface area contributed by atoms with Crippen LogP contribution < -0.4 is 10.6 Å². The minimum Gasteiger partial charge on any atom is -0.452 e. The van der Waals surface area contributed by atoms with Crippen LogP contribution in [0.2, 0.25) is 0 Å². The van der Waals surface area contributed by atoms with Gasteiger partial charge >= 0.3 is 11.9 Å². The highest BCUT2D eigenvalue weighted by atomic mass is 31.2. The van der Waals surface area contributed by atoms with Gasteiger partial charge in [0.2, 0.25) is 5.60 Å². The minimum absolute atomic E-state index is 0.0332. The number of ether oxygens (including phenoxy) is 2. The first-order valence-electron chi connectivity index (χ1n) is 12.2. The summed E-state index contributed by atoms with van der Waals surface area (Å²) in [5, 5.41) is 1.35. The van der Waals surface area contributed by atoms with Crippen LogP contribution in [0, 0.1) is 10.8 Å². The van der Waals surface area contributed by atoms with E-state index in [1.807, 2.05) is 87.5 Å². The standard InChI is InChI=1S/C29H30NO5P/c1-27(2)28(3)17-18-29(27,35-25(28)31)26(32)34-24(23-16-10-11-19-30-23)20-36(33,21-12-6-4-7-13-21)22-14-8-5-9-15-22/h4-16,19,24H,17-18,20H2,1-3H3/t24-,28-,29+/m0/s1. The molecule has 2 aromatic carbocycles. The molecule has 2 heterocycles. The number of pyridine rings is 1. The van der Waals surface area contributed by atoms with E-state index in [1.54, 1.807) is 18.3 Å². The molecular formula is C29H30NO5P. The summed E-state index contributed by atoms with van der Waals surface area (Å²) in [5.74, 6) is -0.977. The van der Waals surface area contributed by atoms with Crippen molar-refractivity contribution in [3.8, 4) is 0 Å². The molecule has 1 saturated heterocycles. The predicted octanol–water partition coefficient (Wildman–Crippen LogP) is 4.80. The Hall–Kier alpha value is -3.24. The van der Waals surface area contributed by atoms with Crippen LogP contribution >= 0.6 is 7.14 Å². The Balaban J connectivity index is 1.55. The molecule has 5 rings (SSSR count). The lowest BCUT2D eigenvalue weighted by molar-refractivity contribution is -0.186. The van der Waals surface area contributed by atoms with E-state index in [0.717, 1.165) is 0 Å². The SMILES string of the molecule is CC1(C)[C@@]2(C)CC[C@]1(C(=O)O[C@@H](CP(=O)(c1ccccc1)c1ccccc1)c1ccccn1)OC2=O. The van der Waals surface area contributed by atoms with Crippen molar-refractivity contribution in [3.05, 3.63) is 90.8 Å². The molecule has 0 amide bonds. The fraction of sp³-hybridized carbons (Fsp3) is 0.345. The number of esters is 2. The molecule has 3 atom stereocenters. The molecule has 1 aromatic heterocycles. The Labute approximate surface area is 211 Å². The lowest BCUT2D eigenvalue weighted by atomic mass is 9.66. The zero-order valence-corrected chi connectivity index (χ0v) is 21.6. The van der Waals surface area contributed by atoms with Gasteiger partial charge in [0.05, 0.1) is 17.3 Å². The molecule has 6 nitrogen and oxygen atoms in total. The zero-order chi connectivity index (χ0) is 25.6. The van der Waals surface area contributed by atoms with Crippen LogP contribution in [0.4, 0.5) is 0 Å². The fourth-order valence-corrected chi connectivity index (χ4v) is 8.37. The topological polar surface area (TPSA) is 82.6 Å². The average molecular weight is 504 g/mol. The second-order valence-electron chi connectivity index (χ2n) is 10.4. The number of nitrogens with zero attached hydrogens (tertiary/aromatic N) is 1. The van der Waals surface area contributed by atoms with Gasteiger partial charge in [0, 0.05) is 22.2 Å². The highest BCUT2D eigenvalue weighted by Crippen LogP contribution is 2.66. The number of hydrogen-bond donors (Lipinski definition) is 0. The highest BCUT2D eigenvalue weighted by molar-refractivity contribution is 7.78. The molecule has 0 radical (unpaired) electrons. The van der Waals surface area contributed by atoms with E-state index in [9.17, 15) is 14.2 Å². The van der Waals surface area contributed by atoms with E-state index in [1.165, 1.54) is 0 Å². The molecular weight excluding hydrogens is 473 g/mol.